The van der Waals surface area contributed by atoms with Crippen molar-refractivity contribution in [3.05, 3.63) is 106 Å². The number of imidazole rings is 1. The number of carbonyl (C=O) groups is 3. The summed E-state index contributed by atoms with van der Waals surface area (Å²) in [5.41, 5.74) is 5.39. The third-order valence-electron chi connectivity index (χ3n) is 7.13. The van der Waals surface area contributed by atoms with Crippen LogP contribution in [0, 0.1) is 0 Å². The van der Waals surface area contributed by atoms with Gasteiger partial charge in [0.1, 0.15) is 5.82 Å². The van der Waals surface area contributed by atoms with E-state index in [1.807, 2.05) is 72.1 Å². The first kappa shape index (κ1) is 25.5. The van der Waals surface area contributed by atoms with Crippen LogP contribution >= 0.6 is 11.3 Å². The summed E-state index contributed by atoms with van der Waals surface area (Å²) in [6.45, 7) is 0.544. The zero-order valence-electron chi connectivity index (χ0n) is 21.5. The number of amides is 2. The highest BCUT2D eigenvalue weighted by Gasteiger charge is 2.33. The number of carbonyl (C=O) groups excluding carboxylic acids is 2. The standard InChI is InChI=1S/C31H26N4O4S/c36-28(32-17-20-15-19(18-40-20)30-33-25-10-4-5-11-26(25)34-30)13-14-35-27-12-6-3-8-22(27)24(16-29(37)38)21-7-1-2-9-23(21)31(35)39/h1-12,15,18,24H,13-14,16-17H2,(H,32,36)(H,33,34)(H,37,38). The van der Waals surface area contributed by atoms with Gasteiger partial charge in [-0.1, -0.05) is 48.5 Å². The molecule has 3 aromatic carbocycles. The van der Waals surface area contributed by atoms with Crippen molar-refractivity contribution < 1.29 is 19.5 Å². The Kier molecular flexibility index (Phi) is 6.88. The van der Waals surface area contributed by atoms with Crippen LogP contribution in [0.15, 0.2) is 84.2 Å². The molecule has 200 valence electrons. The van der Waals surface area contributed by atoms with E-state index in [0.717, 1.165) is 32.9 Å². The smallest absolute Gasteiger partial charge is 0.304 e. The number of rotatable bonds is 8. The molecule has 1 aliphatic rings. The van der Waals surface area contributed by atoms with Gasteiger partial charge in [0.15, 0.2) is 0 Å². The third-order valence-corrected chi connectivity index (χ3v) is 8.07. The summed E-state index contributed by atoms with van der Waals surface area (Å²) in [6, 6.07) is 24.3. The Bertz CT molecular complexity index is 1710. The number of thiophene rings is 1. The van der Waals surface area contributed by atoms with Crippen molar-refractivity contribution >= 4 is 45.8 Å². The van der Waals surface area contributed by atoms with E-state index < -0.39 is 11.9 Å². The number of aromatic nitrogens is 2. The molecular formula is C31H26N4O4S. The molecule has 5 aromatic rings. The number of H-pyrrole nitrogens is 1. The monoisotopic (exact) mass is 550 g/mol. The van der Waals surface area contributed by atoms with Crippen molar-refractivity contribution in [1.29, 1.82) is 0 Å². The maximum atomic E-state index is 13.7. The Morgan fingerprint density at radius 1 is 1.00 bits per heavy atom. The summed E-state index contributed by atoms with van der Waals surface area (Å²) in [5.74, 6) is -1.03. The van der Waals surface area contributed by atoms with Gasteiger partial charge in [0.2, 0.25) is 5.91 Å². The van der Waals surface area contributed by atoms with Gasteiger partial charge in [-0.2, -0.15) is 0 Å². The number of carboxylic acid groups (broad SMARTS) is 1. The van der Waals surface area contributed by atoms with E-state index in [1.54, 1.807) is 28.4 Å². The zero-order valence-corrected chi connectivity index (χ0v) is 22.3. The summed E-state index contributed by atoms with van der Waals surface area (Å²) in [7, 11) is 0. The minimum absolute atomic E-state index is 0.105. The summed E-state index contributed by atoms with van der Waals surface area (Å²) in [5, 5.41) is 14.6. The Morgan fingerprint density at radius 3 is 2.58 bits per heavy atom. The van der Waals surface area contributed by atoms with E-state index in [-0.39, 0.29) is 31.2 Å². The van der Waals surface area contributed by atoms with Gasteiger partial charge >= 0.3 is 5.97 Å². The molecule has 3 heterocycles. The number of hydrogen-bond acceptors (Lipinski definition) is 5. The summed E-state index contributed by atoms with van der Waals surface area (Å²) < 4.78 is 0. The molecule has 0 radical (unpaired) electrons. The lowest BCUT2D eigenvalue weighted by Gasteiger charge is -2.24. The SMILES string of the molecule is O=C(O)CC1c2ccccc2C(=O)N(CCC(=O)NCc2cc(-c3nc4ccccc4[nH]3)cs2)c2ccccc21. The minimum Gasteiger partial charge on any atom is -0.481 e. The Hall–Kier alpha value is -4.76. The van der Waals surface area contributed by atoms with E-state index in [1.165, 1.54) is 0 Å². The Labute approximate surface area is 234 Å². The highest BCUT2D eigenvalue weighted by atomic mass is 32.1. The summed E-state index contributed by atoms with van der Waals surface area (Å²) in [4.78, 5) is 48.8. The average molecular weight is 551 g/mol. The molecular weight excluding hydrogens is 524 g/mol. The van der Waals surface area contributed by atoms with Crippen molar-refractivity contribution in [1.82, 2.24) is 15.3 Å². The second-order valence-electron chi connectivity index (χ2n) is 9.68. The molecule has 8 nitrogen and oxygen atoms in total. The first-order valence-corrected chi connectivity index (χ1v) is 13.9. The molecule has 0 spiro atoms. The number of nitrogens with one attached hydrogen (secondary N) is 2. The van der Waals surface area contributed by atoms with Crippen molar-refractivity contribution in [2.45, 2.75) is 25.3 Å². The van der Waals surface area contributed by atoms with Gasteiger partial charge in [0.05, 0.1) is 24.0 Å². The number of hydrogen-bond donors (Lipinski definition) is 3. The molecule has 0 bridgehead atoms. The molecule has 3 N–H and O–H groups in total. The van der Waals surface area contributed by atoms with Crippen LogP contribution in [-0.2, 0) is 16.1 Å². The highest BCUT2D eigenvalue weighted by molar-refractivity contribution is 7.10. The summed E-state index contributed by atoms with van der Waals surface area (Å²) >= 11 is 1.55. The molecule has 2 aromatic heterocycles. The van der Waals surface area contributed by atoms with E-state index in [9.17, 15) is 19.5 Å². The van der Waals surface area contributed by atoms with Crippen LogP contribution in [0.4, 0.5) is 5.69 Å². The zero-order chi connectivity index (χ0) is 27.6. The lowest BCUT2D eigenvalue weighted by atomic mass is 9.86. The molecule has 2 amide bonds. The number of nitrogens with zero attached hydrogens (tertiary/aromatic N) is 2. The predicted molar refractivity (Wildman–Crippen MR) is 155 cm³/mol. The maximum Gasteiger partial charge on any atom is 0.304 e. The minimum atomic E-state index is -0.938. The number of para-hydroxylation sites is 3. The Morgan fingerprint density at radius 2 is 1.75 bits per heavy atom. The van der Waals surface area contributed by atoms with Crippen LogP contribution < -0.4 is 10.2 Å². The fourth-order valence-corrected chi connectivity index (χ4v) is 6.05. The maximum absolute atomic E-state index is 13.7. The predicted octanol–water partition coefficient (Wildman–Crippen LogP) is 5.56. The van der Waals surface area contributed by atoms with Crippen LogP contribution in [0.25, 0.3) is 22.4 Å². The number of benzene rings is 3. The lowest BCUT2D eigenvalue weighted by Crippen LogP contribution is -2.35. The van der Waals surface area contributed by atoms with E-state index >= 15 is 0 Å². The van der Waals surface area contributed by atoms with Gasteiger partial charge in [0, 0.05) is 46.0 Å². The van der Waals surface area contributed by atoms with Crippen molar-refractivity contribution in [2.75, 3.05) is 11.4 Å². The lowest BCUT2D eigenvalue weighted by molar-refractivity contribution is -0.137. The van der Waals surface area contributed by atoms with Gasteiger partial charge in [0.25, 0.3) is 5.91 Å². The normalized spacial score (nSPS) is 14.4. The molecule has 40 heavy (non-hydrogen) atoms. The van der Waals surface area contributed by atoms with E-state index in [0.29, 0.717) is 23.4 Å². The molecule has 0 saturated heterocycles. The van der Waals surface area contributed by atoms with Gasteiger partial charge < -0.3 is 20.3 Å². The largest absolute Gasteiger partial charge is 0.481 e. The van der Waals surface area contributed by atoms with Crippen LogP contribution in [0.3, 0.4) is 0 Å². The average Bonchev–Trinajstić information content (AvgIpc) is 3.60. The molecule has 1 aliphatic heterocycles. The quantitative estimate of drug-likeness (QED) is 0.234. The fraction of sp³-hybridized carbons (Fsp3) is 0.161. The van der Waals surface area contributed by atoms with Crippen LogP contribution in [0.2, 0.25) is 0 Å². The number of carboxylic acids is 1. The number of anilines is 1. The number of aromatic amines is 1. The summed E-state index contributed by atoms with van der Waals surface area (Å²) in [6.07, 6.45) is -0.0277. The van der Waals surface area contributed by atoms with E-state index in [4.69, 9.17) is 0 Å². The first-order valence-electron chi connectivity index (χ1n) is 13.0. The molecule has 0 saturated carbocycles. The first-order chi connectivity index (χ1) is 19.5. The second kappa shape index (κ2) is 10.8. The molecule has 1 atom stereocenters. The molecule has 0 fully saturated rings. The molecule has 1 unspecified atom stereocenters. The topological polar surface area (TPSA) is 115 Å². The Balaban J connectivity index is 1.16. The van der Waals surface area contributed by atoms with Crippen molar-refractivity contribution in [3.63, 3.8) is 0 Å². The van der Waals surface area contributed by atoms with Crippen LogP contribution in [-0.4, -0.2) is 39.4 Å². The van der Waals surface area contributed by atoms with Crippen LogP contribution in [0.5, 0.6) is 0 Å². The third kappa shape index (κ3) is 4.99. The van der Waals surface area contributed by atoms with E-state index in [2.05, 4.69) is 15.3 Å². The molecule has 9 heteroatoms. The fourth-order valence-electron chi connectivity index (χ4n) is 5.24. The van der Waals surface area contributed by atoms with Crippen molar-refractivity contribution in [3.8, 4) is 11.4 Å². The van der Waals surface area contributed by atoms with Crippen molar-refractivity contribution in [2.24, 2.45) is 0 Å². The van der Waals surface area contributed by atoms with Gasteiger partial charge in [-0.15, -0.1) is 11.3 Å². The van der Waals surface area contributed by atoms with Gasteiger partial charge in [-0.05, 0) is 41.5 Å². The van der Waals surface area contributed by atoms with Crippen LogP contribution in [0.1, 0.15) is 45.1 Å². The number of fused-ring (bicyclic) bond motifs is 3. The highest BCUT2D eigenvalue weighted by Crippen LogP contribution is 2.40. The van der Waals surface area contributed by atoms with Gasteiger partial charge in [-0.25, -0.2) is 4.98 Å². The molecule has 0 aliphatic carbocycles. The number of aliphatic carboxylic acids is 1. The molecule has 6 rings (SSSR count). The second-order valence-corrected chi connectivity index (χ2v) is 10.7. The van der Waals surface area contributed by atoms with Gasteiger partial charge in [-0.3, -0.25) is 14.4 Å².